The van der Waals surface area contributed by atoms with Crippen LogP contribution in [0, 0.1) is 0 Å². The first-order valence-electron chi connectivity index (χ1n) is 4.22. The van der Waals surface area contributed by atoms with Crippen molar-refractivity contribution in [3.8, 4) is 0 Å². The second kappa shape index (κ2) is 4.72. The molecule has 1 rings (SSSR count). The quantitative estimate of drug-likeness (QED) is 0.540. The van der Waals surface area contributed by atoms with Gasteiger partial charge in [-0.05, 0) is 19.3 Å². The first-order chi connectivity index (χ1) is 4.61. The third kappa shape index (κ3) is 3.80. The Kier molecular flexibility index (Phi) is 5.05. The summed E-state index contributed by atoms with van der Waals surface area (Å²) < 4.78 is 5.70. The monoisotopic (exact) mass is 166 g/mol. The van der Waals surface area contributed by atoms with Crippen molar-refractivity contribution >= 4 is 26.9 Å². The molecular formula is C8H19LiOSi. The fourth-order valence-electron chi connectivity index (χ4n) is 1.42. The van der Waals surface area contributed by atoms with E-state index >= 15 is 0 Å². The summed E-state index contributed by atoms with van der Waals surface area (Å²) >= 11 is 0. The van der Waals surface area contributed by atoms with Crippen LogP contribution in [0.15, 0.2) is 0 Å². The van der Waals surface area contributed by atoms with Crippen LogP contribution in [-0.4, -0.2) is 39.3 Å². The summed E-state index contributed by atoms with van der Waals surface area (Å²) in [7, 11) is -0.979. The first kappa shape index (κ1) is 11.8. The zero-order chi connectivity index (χ0) is 7.61. The molecule has 1 unspecified atom stereocenters. The molecule has 1 fully saturated rings. The Labute approximate surface area is 83.1 Å². The Balaban J connectivity index is 0.000001000. The summed E-state index contributed by atoms with van der Waals surface area (Å²) in [6.07, 6.45) is 3.98. The zero-order valence-corrected chi connectivity index (χ0v) is 8.31. The maximum atomic E-state index is 5.70. The van der Waals surface area contributed by atoms with Crippen molar-refractivity contribution in [2.45, 2.75) is 44.6 Å². The fraction of sp³-hybridized carbons (Fsp3) is 1.00. The van der Waals surface area contributed by atoms with Gasteiger partial charge in [0.15, 0.2) is 0 Å². The molecule has 0 spiro atoms. The summed E-state index contributed by atoms with van der Waals surface area (Å²) in [4.78, 5) is 0. The standard InChI is InChI=1S/C8H18OSi.Li.H/c1-10(2,3)8-6-4-5-7-9-8;;/h8H,4-7H2,1-3H3;;. The Morgan fingerprint density at radius 2 is 1.82 bits per heavy atom. The van der Waals surface area contributed by atoms with Crippen LogP contribution in [0.5, 0.6) is 0 Å². The molecule has 0 aromatic rings. The Morgan fingerprint density at radius 3 is 2.09 bits per heavy atom. The van der Waals surface area contributed by atoms with Gasteiger partial charge in [-0.15, -0.1) is 0 Å². The Hall–Kier alpha value is 0.774. The van der Waals surface area contributed by atoms with E-state index in [0.29, 0.717) is 5.73 Å². The molecule has 0 bridgehead atoms. The van der Waals surface area contributed by atoms with Crippen LogP contribution in [0.25, 0.3) is 0 Å². The predicted molar refractivity (Wildman–Crippen MR) is 54.1 cm³/mol. The van der Waals surface area contributed by atoms with Gasteiger partial charge in [-0.2, -0.15) is 0 Å². The molecule has 0 aliphatic carbocycles. The SMILES string of the molecule is C[Si](C)(C)C1CCCCO1.[LiH]. The van der Waals surface area contributed by atoms with Crippen molar-refractivity contribution in [2.24, 2.45) is 0 Å². The molecule has 1 atom stereocenters. The van der Waals surface area contributed by atoms with Crippen LogP contribution >= 0.6 is 0 Å². The predicted octanol–water partition coefficient (Wildman–Crippen LogP) is 1.78. The van der Waals surface area contributed by atoms with Gasteiger partial charge in [0.05, 0.1) is 8.07 Å². The molecule has 1 aliphatic heterocycles. The number of hydrogen-bond acceptors (Lipinski definition) is 1. The minimum absolute atomic E-state index is 0. The van der Waals surface area contributed by atoms with E-state index in [4.69, 9.17) is 4.74 Å². The molecule has 62 valence electrons. The van der Waals surface area contributed by atoms with E-state index in [0.717, 1.165) is 6.61 Å². The van der Waals surface area contributed by atoms with Crippen molar-refractivity contribution in [1.82, 2.24) is 0 Å². The van der Waals surface area contributed by atoms with Gasteiger partial charge in [0, 0.05) is 12.3 Å². The van der Waals surface area contributed by atoms with E-state index in [9.17, 15) is 0 Å². The topological polar surface area (TPSA) is 9.23 Å². The van der Waals surface area contributed by atoms with Crippen molar-refractivity contribution < 1.29 is 4.74 Å². The van der Waals surface area contributed by atoms with Crippen LogP contribution < -0.4 is 0 Å². The summed E-state index contributed by atoms with van der Waals surface area (Å²) in [5, 5.41) is 0. The maximum absolute atomic E-state index is 5.70. The van der Waals surface area contributed by atoms with Crippen LogP contribution in [0.2, 0.25) is 19.6 Å². The second-order valence-electron chi connectivity index (χ2n) is 4.22. The van der Waals surface area contributed by atoms with Gasteiger partial charge in [0.1, 0.15) is 0 Å². The van der Waals surface area contributed by atoms with Gasteiger partial charge < -0.3 is 4.74 Å². The Bertz CT molecular complexity index is 105. The van der Waals surface area contributed by atoms with Crippen LogP contribution in [-0.2, 0) is 4.74 Å². The van der Waals surface area contributed by atoms with Gasteiger partial charge in [-0.3, -0.25) is 0 Å². The molecular weight excluding hydrogens is 147 g/mol. The normalized spacial score (nSPS) is 25.9. The molecule has 1 heterocycles. The number of ether oxygens (including phenoxy) is 1. The third-order valence-corrected chi connectivity index (χ3v) is 4.53. The molecule has 1 nitrogen and oxygen atoms in total. The molecule has 0 aromatic carbocycles. The second-order valence-corrected chi connectivity index (χ2v) is 9.60. The molecule has 1 saturated heterocycles. The molecule has 1 aliphatic rings. The van der Waals surface area contributed by atoms with E-state index in [1.807, 2.05) is 0 Å². The van der Waals surface area contributed by atoms with Crippen molar-refractivity contribution in [1.29, 1.82) is 0 Å². The van der Waals surface area contributed by atoms with E-state index in [1.54, 1.807) is 0 Å². The van der Waals surface area contributed by atoms with Crippen molar-refractivity contribution in [3.05, 3.63) is 0 Å². The minimum atomic E-state index is -0.979. The van der Waals surface area contributed by atoms with Gasteiger partial charge in [0.2, 0.25) is 0 Å². The van der Waals surface area contributed by atoms with Crippen LogP contribution in [0.1, 0.15) is 19.3 Å². The van der Waals surface area contributed by atoms with E-state index in [1.165, 1.54) is 19.3 Å². The molecule has 0 N–H and O–H groups in total. The number of hydrogen-bond donors (Lipinski definition) is 0. The van der Waals surface area contributed by atoms with Crippen molar-refractivity contribution in [2.75, 3.05) is 6.61 Å². The zero-order valence-electron chi connectivity index (χ0n) is 7.31. The average molecular weight is 166 g/mol. The molecule has 0 saturated carbocycles. The third-order valence-electron chi connectivity index (χ3n) is 2.15. The summed E-state index contributed by atoms with van der Waals surface area (Å²) in [6.45, 7) is 8.18. The average Bonchev–Trinajstić information content (AvgIpc) is 1.88. The van der Waals surface area contributed by atoms with Crippen LogP contribution in [0.4, 0.5) is 0 Å². The number of rotatable bonds is 1. The molecule has 0 radical (unpaired) electrons. The van der Waals surface area contributed by atoms with Gasteiger partial charge in [-0.1, -0.05) is 19.6 Å². The molecule has 11 heavy (non-hydrogen) atoms. The van der Waals surface area contributed by atoms with E-state index < -0.39 is 8.07 Å². The van der Waals surface area contributed by atoms with E-state index in [2.05, 4.69) is 19.6 Å². The molecule has 3 heteroatoms. The molecule has 0 amide bonds. The summed E-state index contributed by atoms with van der Waals surface area (Å²) in [5.74, 6) is 0. The van der Waals surface area contributed by atoms with Gasteiger partial charge >= 0.3 is 18.9 Å². The Morgan fingerprint density at radius 1 is 1.18 bits per heavy atom. The van der Waals surface area contributed by atoms with Crippen molar-refractivity contribution in [3.63, 3.8) is 0 Å². The molecule has 0 aromatic heterocycles. The fourth-order valence-corrected chi connectivity index (χ4v) is 3.11. The van der Waals surface area contributed by atoms with E-state index in [-0.39, 0.29) is 18.9 Å². The van der Waals surface area contributed by atoms with Crippen LogP contribution in [0.3, 0.4) is 0 Å². The summed E-state index contributed by atoms with van der Waals surface area (Å²) in [6, 6.07) is 0. The summed E-state index contributed by atoms with van der Waals surface area (Å²) in [5.41, 5.74) is 0.640. The van der Waals surface area contributed by atoms with Gasteiger partial charge in [-0.25, -0.2) is 0 Å². The van der Waals surface area contributed by atoms with Gasteiger partial charge in [0.25, 0.3) is 0 Å². The first-order valence-corrected chi connectivity index (χ1v) is 7.80.